The molecule has 140 valence electrons. The van der Waals surface area contributed by atoms with Gasteiger partial charge in [0.15, 0.2) is 18.0 Å². The average molecular weight is 373 g/mol. The van der Waals surface area contributed by atoms with Crippen molar-refractivity contribution in [3.63, 3.8) is 0 Å². The third-order valence-electron chi connectivity index (χ3n) is 4.58. The van der Waals surface area contributed by atoms with Crippen molar-refractivity contribution >= 4 is 23.5 Å². The molecule has 0 bridgehead atoms. The SMILES string of the molecule is CCC(=O)OC[C@H]1O[C@@](C#N)(c2ccc3c(N)ncnn23)[C@@H]2OC(=O)O[C@@H]21. The van der Waals surface area contributed by atoms with Crippen LogP contribution in [0.4, 0.5) is 10.6 Å². The monoisotopic (exact) mass is 373 g/mol. The molecular weight excluding hydrogens is 358 g/mol. The molecule has 0 radical (unpaired) electrons. The summed E-state index contributed by atoms with van der Waals surface area (Å²) < 4.78 is 22.8. The Labute approximate surface area is 152 Å². The Morgan fingerprint density at radius 2 is 2.30 bits per heavy atom. The van der Waals surface area contributed by atoms with Gasteiger partial charge in [0.25, 0.3) is 0 Å². The maximum atomic E-state index is 11.7. The van der Waals surface area contributed by atoms with Crippen LogP contribution < -0.4 is 5.73 Å². The van der Waals surface area contributed by atoms with Crippen molar-refractivity contribution in [2.45, 2.75) is 37.3 Å². The third-order valence-corrected chi connectivity index (χ3v) is 4.58. The topological polar surface area (TPSA) is 151 Å². The third kappa shape index (κ3) is 2.45. The van der Waals surface area contributed by atoms with E-state index >= 15 is 0 Å². The molecule has 2 fully saturated rings. The van der Waals surface area contributed by atoms with Crippen LogP contribution in [-0.2, 0) is 29.3 Å². The highest BCUT2D eigenvalue weighted by molar-refractivity contribution is 5.69. The minimum absolute atomic E-state index is 0.181. The Balaban J connectivity index is 1.76. The number of nitrogens with two attached hydrogens (primary N) is 1. The first-order chi connectivity index (χ1) is 13.0. The lowest BCUT2D eigenvalue weighted by molar-refractivity contribution is -0.151. The van der Waals surface area contributed by atoms with Crippen molar-refractivity contribution in [3.05, 3.63) is 24.2 Å². The van der Waals surface area contributed by atoms with Crippen LogP contribution in [0.15, 0.2) is 18.5 Å². The molecule has 0 amide bonds. The quantitative estimate of drug-likeness (QED) is 0.740. The number of nitrogen functional groups attached to an aromatic ring is 1. The van der Waals surface area contributed by atoms with Crippen LogP contribution >= 0.6 is 0 Å². The molecule has 0 aromatic carbocycles. The molecule has 11 heteroatoms. The van der Waals surface area contributed by atoms with Gasteiger partial charge in [0.2, 0.25) is 5.60 Å². The molecule has 27 heavy (non-hydrogen) atoms. The molecular formula is C16H15N5O6. The van der Waals surface area contributed by atoms with E-state index in [1.54, 1.807) is 19.1 Å². The molecule has 2 aliphatic rings. The molecule has 4 heterocycles. The molecule has 0 saturated carbocycles. The Hall–Kier alpha value is -3.39. The number of fused-ring (bicyclic) bond motifs is 2. The number of hydrogen-bond acceptors (Lipinski definition) is 10. The number of ether oxygens (including phenoxy) is 4. The van der Waals surface area contributed by atoms with Crippen LogP contribution in [-0.4, -0.2) is 51.6 Å². The number of carbonyl (C=O) groups is 2. The van der Waals surface area contributed by atoms with E-state index in [0.717, 1.165) is 0 Å². The van der Waals surface area contributed by atoms with Crippen molar-refractivity contribution in [1.82, 2.24) is 14.6 Å². The molecule has 2 saturated heterocycles. The molecule has 4 atom stereocenters. The van der Waals surface area contributed by atoms with E-state index < -0.39 is 36.0 Å². The molecule has 2 aliphatic heterocycles. The fraction of sp³-hybridized carbons (Fsp3) is 0.438. The minimum Gasteiger partial charge on any atom is -0.463 e. The summed E-state index contributed by atoms with van der Waals surface area (Å²) in [5, 5.41) is 14.1. The first-order valence-electron chi connectivity index (χ1n) is 8.20. The van der Waals surface area contributed by atoms with Gasteiger partial charge in [-0.2, -0.15) is 10.4 Å². The lowest BCUT2D eigenvalue weighted by Crippen LogP contribution is -2.39. The van der Waals surface area contributed by atoms with Crippen LogP contribution in [0.1, 0.15) is 19.0 Å². The lowest BCUT2D eigenvalue weighted by Gasteiger charge is -2.24. The molecule has 2 aromatic rings. The standard InChI is InChI=1S/C16H15N5O6/c1-2-11(22)24-5-9-12-13(26-15(23)25-12)16(6-17,27-9)10-4-3-8-14(18)19-7-20-21(8)10/h3-4,7,9,12-13H,2,5H2,1H3,(H2,18,19,20)/t9-,12-,13-,16+/m1/s1. The Morgan fingerprint density at radius 3 is 3.04 bits per heavy atom. The van der Waals surface area contributed by atoms with Gasteiger partial charge in [-0.15, -0.1) is 0 Å². The minimum atomic E-state index is -1.71. The number of nitriles is 1. The van der Waals surface area contributed by atoms with Gasteiger partial charge in [-0.1, -0.05) is 6.92 Å². The van der Waals surface area contributed by atoms with Crippen LogP contribution in [0.3, 0.4) is 0 Å². The summed E-state index contributed by atoms with van der Waals surface area (Å²) in [6.45, 7) is 1.46. The number of hydrogen-bond donors (Lipinski definition) is 1. The van der Waals surface area contributed by atoms with E-state index in [4.69, 9.17) is 24.7 Å². The van der Waals surface area contributed by atoms with Crippen molar-refractivity contribution in [3.8, 4) is 6.07 Å². The highest BCUT2D eigenvalue weighted by Crippen LogP contribution is 2.46. The Kier molecular flexibility index (Phi) is 3.85. The van der Waals surface area contributed by atoms with Crippen LogP contribution in [0.5, 0.6) is 0 Å². The molecule has 2 aromatic heterocycles. The fourth-order valence-corrected chi connectivity index (χ4v) is 3.32. The summed E-state index contributed by atoms with van der Waals surface area (Å²) in [7, 11) is 0. The van der Waals surface area contributed by atoms with Gasteiger partial charge in [0.05, 0.1) is 5.69 Å². The van der Waals surface area contributed by atoms with Gasteiger partial charge in [-0.25, -0.2) is 14.3 Å². The van der Waals surface area contributed by atoms with Crippen molar-refractivity contribution in [1.29, 1.82) is 5.26 Å². The summed E-state index contributed by atoms with van der Waals surface area (Å²) in [5.41, 5.74) is 4.89. The van der Waals surface area contributed by atoms with Crippen LogP contribution in [0, 0.1) is 11.3 Å². The van der Waals surface area contributed by atoms with Gasteiger partial charge in [0.1, 0.15) is 30.6 Å². The van der Waals surface area contributed by atoms with E-state index in [1.165, 1.54) is 10.8 Å². The maximum absolute atomic E-state index is 11.7. The van der Waals surface area contributed by atoms with Gasteiger partial charge in [-0.05, 0) is 12.1 Å². The van der Waals surface area contributed by atoms with Gasteiger partial charge in [-0.3, -0.25) is 4.79 Å². The molecule has 4 rings (SSSR count). The number of rotatable bonds is 4. The smallest absolute Gasteiger partial charge is 0.463 e. The molecule has 0 aliphatic carbocycles. The fourth-order valence-electron chi connectivity index (χ4n) is 3.32. The van der Waals surface area contributed by atoms with Gasteiger partial charge < -0.3 is 24.7 Å². The largest absolute Gasteiger partial charge is 0.509 e. The predicted molar refractivity (Wildman–Crippen MR) is 86.0 cm³/mol. The molecule has 2 N–H and O–H groups in total. The zero-order chi connectivity index (χ0) is 19.2. The van der Waals surface area contributed by atoms with Gasteiger partial charge in [0, 0.05) is 6.42 Å². The highest BCUT2D eigenvalue weighted by atomic mass is 16.8. The predicted octanol–water partition coefficient (Wildman–Crippen LogP) is 0.286. The zero-order valence-electron chi connectivity index (χ0n) is 14.2. The van der Waals surface area contributed by atoms with Crippen LogP contribution in [0.2, 0.25) is 0 Å². The second-order valence-electron chi connectivity index (χ2n) is 6.07. The first-order valence-corrected chi connectivity index (χ1v) is 8.20. The van der Waals surface area contributed by atoms with E-state index in [2.05, 4.69) is 16.2 Å². The first kappa shape index (κ1) is 17.0. The van der Waals surface area contributed by atoms with Crippen LogP contribution in [0.25, 0.3) is 5.52 Å². The molecule has 0 spiro atoms. The summed E-state index contributed by atoms with van der Waals surface area (Å²) in [5.74, 6) is -0.226. The number of esters is 1. The maximum Gasteiger partial charge on any atom is 0.509 e. The van der Waals surface area contributed by atoms with E-state index in [0.29, 0.717) is 11.2 Å². The van der Waals surface area contributed by atoms with Crippen molar-refractivity contribution in [2.75, 3.05) is 12.3 Å². The molecule has 0 unspecified atom stereocenters. The van der Waals surface area contributed by atoms with Gasteiger partial charge >= 0.3 is 12.1 Å². The van der Waals surface area contributed by atoms with E-state index in [1.807, 2.05) is 0 Å². The lowest BCUT2D eigenvalue weighted by atomic mass is 9.92. The summed E-state index contributed by atoms with van der Waals surface area (Å²) >= 11 is 0. The number of aromatic nitrogens is 3. The van der Waals surface area contributed by atoms with E-state index in [9.17, 15) is 14.9 Å². The molecule has 11 nitrogen and oxygen atoms in total. The number of carbonyl (C=O) groups excluding carboxylic acids is 2. The number of nitrogens with zero attached hydrogens (tertiary/aromatic N) is 4. The van der Waals surface area contributed by atoms with Crippen molar-refractivity contribution < 1.29 is 28.5 Å². The summed E-state index contributed by atoms with van der Waals surface area (Å²) in [6.07, 6.45) is -2.35. The highest BCUT2D eigenvalue weighted by Gasteiger charge is 2.65. The Morgan fingerprint density at radius 1 is 1.48 bits per heavy atom. The zero-order valence-corrected chi connectivity index (χ0v) is 14.2. The Bertz CT molecular complexity index is 968. The number of anilines is 1. The normalized spacial score (nSPS) is 29.0. The average Bonchev–Trinajstić information content (AvgIpc) is 3.33. The van der Waals surface area contributed by atoms with Crippen molar-refractivity contribution in [2.24, 2.45) is 0 Å². The summed E-state index contributed by atoms with van der Waals surface area (Å²) in [6, 6.07) is 5.29. The van der Waals surface area contributed by atoms with E-state index in [-0.39, 0.29) is 18.8 Å². The second-order valence-corrected chi connectivity index (χ2v) is 6.07. The summed E-state index contributed by atoms with van der Waals surface area (Å²) in [4.78, 5) is 27.1. The second kappa shape index (κ2) is 6.10.